The Balaban J connectivity index is 2.54. The maximum atomic E-state index is 10.5. The van der Waals surface area contributed by atoms with Gasteiger partial charge in [0.2, 0.25) is 0 Å². The van der Waals surface area contributed by atoms with Crippen molar-refractivity contribution in [2.45, 2.75) is 6.92 Å². The number of nitro benzene ring substituents is 1. The van der Waals surface area contributed by atoms with Crippen LogP contribution in [0, 0.1) is 10.1 Å². The van der Waals surface area contributed by atoms with E-state index in [9.17, 15) is 10.1 Å². The molecule has 9 heteroatoms. The van der Waals surface area contributed by atoms with E-state index in [1.165, 1.54) is 18.3 Å². The maximum Gasteiger partial charge on any atom is 0.269 e. The Bertz CT molecular complexity index is 540. The third-order valence-corrected chi connectivity index (χ3v) is 2.38. The van der Waals surface area contributed by atoms with Gasteiger partial charge in [-0.2, -0.15) is 10.2 Å². The Morgan fingerprint density at radius 2 is 2.05 bits per heavy atom. The average Bonchev–Trinajstić information content (AvgIpc) is 2.45. The van der Waals surface area contributed by atoms with Gasteiger partial charge in [-0.05, 0) is 31.3 Å². The van der Waals surface area contributed by atoms with Crippen LogP contribution in [0.5, 0.6) is 0 Å². The van der Waals surface area contributed by atoms with Gasteiger partial charge in [0.1, 0.15) is 0 Å². The van der Waals surface area contributed by atoms with E-state index in [0.717, 1.165) is 0 Å². The lowest BCUT2D eigenvalue weighted by atomic mass is 10.3. The monoisotopic (exact) mass is 294 g/mol. The highest BCUT2D eigenvalue weighted by Gasteiger charge is 2.02. The number of nitrogens with zero attached hydrogens (tertiary/aromatic N) is 3. The van der Waals surface area contributed by atoms with Gasteiger partial charge < -0.3 is 5.32 Å². The normalized spacial score (nSPS) is 11.2. The molecule has 0 radical (unpaired) electrons. The summed E-state index contributed by atoms with van der Waals surface area (Å²) in [5, 5.41) is 21.5. The molecule has 0 saturated carbocycles. The van der Waals surface area contributed by atoms with E-state index in [1.54, 1.807) is 26.1 Å². The van der Waals surface area contributed by atoms with E-state index < -0.39 is 4.92 Å². The zero-order valence-electron chi connectivity index (χ0n) is 11.0. The van der Waals surface area contributed by atoms with Crippen LogP contribution in [-0.2, 0) is 0 Å². The fourth-order valence-electron chi connectivity index (χ4n) is 1.08. The lowest BCUT2D eigenvalue weighted by Crippen LogP contribution is -2.28. The fraction of sp³-hybridized carbons (Fsp3) is 0.182. The molecule has 0 aliphatic heterocycles. The number of nitrogens with one attached hydrogen (secondary N) is 3. The largest absolute Gasteiger partial charge is 0.364 e. The number of rotatable bonds is 5. The van der Waals surface area contributed by atoms with Gasteiger partial charge in [0, 0.05) is 19.2 Å². The average molecular weight is 294 g/mol. The highest BCUT2D eigenvalue weighted by atomic mass is 32.1. The first kappa shape index (κ1) is 15.5. The van der Waals surface area contributed by atoms with Gasteiger partial charge in [-0.1, -0.05) is 0 Å². The minimum absolute atomic E-state index is 0.0302. The zero-order chi connectivity index (χ0) is 15.0. The van der Waals surface area contributed by atoms with Crippen LogP contribution in [0.25, 0.3) is 0 Å². The molecule has 0 bridgehead atoms. The van der Waals surface area contributed by atoms with Crippen molar-refractivity contribution in [3.05, 3.63) is 34.4 Å². The van der Waals surface area contributed by atoms with Crippen LogP contribution in [0.3, 0.4) is 0 Å². The summed E-state index contributed by atoms with van der Waals surface area (Å²) in [4.78, 5) is 10.0. The van der Waals surface area contributed by atoms with Crippen molar-refractivity contribution in [2.75, 3.05) is 12.5 Å². The minimum atomic E-state index is -0.457. The van der Waals surface area contributed by atoms with Crippen molar-refractivity contribution in [3.8, 4) is 0 Å². The van der Waals surface area contributed by atoms with Gasteiger partial charge in [-0.15, -0.1) is 0 Å². The van der Waals surface area contributed by atoms with E-state index in [2.05, 4.69) is 26.4 Å². The van der Waals surface area contributed by atoms with Gasteiger partial charge in [0.15, 0.2) is 5.11 Å². The summed E-state index contributed by atoms with van der Waals surface area (Å²) in [6.45, 7) is 1.74. The standard InChI is InChI=1S/C11H14N6O2S/c1-8(7-13-16-11(20)12-2)14-15-9-3-5-10(6-4-9)17(18)19/h3-7,15H,1-2H3,(H2,12,16,20)/b13-7+,14-8-. The predicted octanol–water partition coefficient (Wildman–Crippen LogP) is 1.46. The third-order valence-electron chi connectivity index (χ3n) is 2.08. The second-order valence-corrected chi connectivity index (χ2v) is 4.03. The van der Waals surface area contributed by atoms with Crippen molar-refractivity contribution >= 4 is 40.6 Å². The molecule has 0 amide bonds. The second kappa shape index (κ2) is 7.79. The molecule has 1 aromatic carbocycles. The summed E-state index contributed by atoms with van der Waals surface area (Å²) >= 11 is 4.84. The van der Waals surface area contributed by atoms with Gasteiger partial charge in [0.25, 0.3) is 5.69 Å². The molecule has 0 unspecified atom stereocenters. The van der Waals surface area contributed by atoms with Crippen molar-refractivity contribution in [1.29, 1.82) is 0 Å². The van der Waals surface area contributed by atoms with E-state index >= 15 is 0 Å². The molecule has 0 atom stereocenters. The lowest BCUT2D eigenvalue weighted by Gasteiger charge is -2.01. The quantitative estimate of drug-likeness (QED) is 0.329. The molecule has 20 heavy (non-hydrogen) atoms. The van der Waals surface area contributed by atoms with E-state index in [1.807, 2.05) is 0 Å². The number of thiocarbonyl (C=S) groups is 1. The SMILES string of the molecule is CNC(=S)N/N=C/C(C)=N\Nc1ccc([N+](=O)[O-])cc1. The Morgan fingerprint density at radius 3 is 2.60 bits per heavy atom. The summed E-state index contributed by atoms with van der Waals surface area (Å²) < 4.78 is 0. The zero-order valence-corrected chi connectivity index (χ0v) is 11.8. The van der Waals surface area contributed by atoms with Crippen LogP contribution in [0.4, 0.5) is 11.4 Å². The van der Waals surface area contributed by atoms with Gasteiger partial charge >= 0.3 is 0 Å². The Labute approximate surface area is 121 Å². The number of non-ortho nitro benzene ring substituents is 1. The molecule has 0 spiro atoms. The Hall–Kier alpha value is -2.55. The number of benzene rings is 1. The molecule has 0 fully saturated rings. The molecule has 0 aromatic heterocycles. The first-order chi connectivity index (χ1) is 9.52. The minimum Gasteiger partial charge on any atom is -0.364 e. The van der Waals surface area contributed by atoms with E-state index in [4.69, 9.17) is 12.2 Å². The van der Waals surface area contributed by atoms with E-state index in [0.29, 0.717) is 16.5 Å². The Kier molecular flexibility index (Phi) is 6.04. The number of hydrazone groups is 2. The molecule has 106 valence electrons. The van der Waals surface area contributed by atoms with Gasteiger partial charge in [-0.3, -0.25) is 21.0 Å². The van der Waals surface area contributed by atoms with Crippen LogP contribution in [-0.4, -0.2) is 29.0 Å². The van der Waals surface area contributed by atoms with Crippen LogP contribution in [0.2, 0.25) is 0 Å². The van der Waals surface area contributed by atoms with Gasteiger partial charge in [0.05, 0.1) is 22.5 Å². The smallest absolute Gasteiger partial charge is 0.269 e. The summed E-state index contributed by atoms with van der Waals surface area (Å²) in [5.41, 5.74) is 6.63. The second-order valence-electron chi connectivity index (χ2n) is 3.62. The van der Waals surface area contributed by atoms with Crippen LogP contribution in [0.15, 0.2) is 34.5 Å². The topological polar surface area (TPSA) is 104 Å². The highest BCUT2D eigenvalue weighted by molar-refractivity contribution is 7.80. The number of hydrogen-bond donors (Lipinski definition) is 3. The third kappa shape index (κ3) is 5.40. The number of hydrogen-bond acceptors (Lipinski definition) is 6. The Morgan fingerprint density at radius 1 is 1.40 bits per heavy atom. The molecule has 1 aromatic rings. The van der Waals surface area contributed by atoms with Crippen LogP contribution < -0.4 is 16.2 Å². The molecule has 0 heterocycles. The number of nitro groups is 1. The van der Waals surface area contributed by atoms with Crippen LogP contribution in [0.1, 0.15) is 6.92 Å². The summed E-state index contributed by atoms with van der Waals surface area (Å²) in [5.74, 6) is 0. The van der Waals surface area contributed by atoms with Crippen LogP contribution >= 0.6 is 12.2 Å². The molecular weight excluding hydrogens is 280 g/mol. The summed E-state index contributed by atoms with van der Waals surface area (Å²) in [6.07, 6.45) is 1.49. The van der Waals surface area contributed by atoms with Crippen molar-refractivity contribution < 1.29 is 4.92 Å². The van der Waals surface area contributed by atoms with Gasteiger partial charge in [-0.25, -0.2) is 0 Å². The molecule has 1 rings (SSSR count). The highest BCUT2D eigenvalue weighted by Crippen LogP contribution is 2.15. The molecule has 8 nitrogen and oxygen atoms in total. The summed E-state index contributed by atoms with van der Waals surface area (Å²) in [7, 11) is 1.68. The van der Waals surface area contributed by atoms with E-state index in [-0.39, 0.29) is 5.69 Å². The molecule has 0 aliphatic rings. The van der Waals surface area contributed by atoms with Crippen molar-refractivity contribution in [1.82, 2.24) is 10.7 Å². The molecule has 3 N–H and O–H groups in total. The first-order valence-corrected chi connectivity index (χ1v) is 5.99. The fourth-order valence-corrected chi connectivity index (χ4v) is 1.13. The summed E-state index contributed by atoms with van der Waals surface area (Å²) in [6, 6.07) is 5.93. The molecule has 0 aliphatic carbocycles. The van der Waals surface area contributed by atoms with Crippen molar-refractivity contribution in [2.24, 2.45) is 10.2 Å². The lowest BCUT2D eigenvalue weighted by molar-refractivity contribution is -0.384. The molecular formula is C11H14N6O2S. The number of anilines is 1. The maximum absolute atomic E-state index is 10.5. The first-order valence-electron chi connectivity index (χ1n) is 5.58. The predicted molar refractivity (Wildman–Crippen MR) is 83.1 cm³/mol. The van der Waals surface area contributed by atoms with Crippen molar-refractivity contribution in [3.63, 3.8) is 0 Å². The molecule has 0 saturated heterocycles.